The van der Waals surface area contributed by atoms with Crippen LogP contribution in [-0.2, 0) is 6.42 Å². The lowest BCUT2D eigenvalue weighted by Crippen LogP contribution is -2.34. The molecule has 6 aromatic carbocycles. The summed E-state index contributed by atoms with van der Waals surface area (Å²) in [7, 11) is 0. The van der Waals surface area contributed by atoms with Gasteiger partial charge in [0.05, 0.1) is 11.7 Å². The van der Waals surface area contributed by atoms with E-state index in [1.54, 1.807) is 0 Å². The summed E-state index contributed by atoms with van der Waals surface area (Å²) in [6.45, 7) is 4.55. The van der Waals surface area contributed by atoms with Crippen molar-refractivity contribution in [2.24, 2.45) is 0 Å². The fourth-order valence-corrected chi connectivity index (χ4v) is 7.90. The van der Waals surface area contributed by atoms with Gasteiger partial charge in [-0.1, -0.05) is 103 Å². The predicted octanol–water partition coefficient (Wildman–Crippen LogP) is 11.7. The molecule has 0 N–H and O–H groups in total. The lowest BCUT2D eigenvalue weighted by atomic mass is 9.75. The van der Waals surface area contributed by atoms with Crippen LogP contribution in [0.1, 0.15) is 29.2 Å². The number of anilines is 5. The molecule has 2 aliphatic rings. The maximum atomic E-state index is 4.85. The fraction of sp³-hybridized carbons (Fsp3) is 0.0889. The van der Waals surface area contributed by atoms with Crippen LogP contribution in [0.5, 0.6) is 0 Å². The van der Waals surface area contributed by atoms with Crippen molar-refractivity contribution in [1.29, 1.82) is 0 Å². The molecule has 0 aliphatic heterocycles. The summed E-state index contributed by atoms with van der Waals surface area (Å²) in [5.41, 5.74) is 12.7. The number of aryl methyl sites for hydroxylation is 1. The molecule has 230 valence electrons. The third-order valence-corrected chi connectivity index (χ3v) is 10.1. The van der Waals surface area contributed by atoms with Crippen molar-refractivity contribution in [3.8, 4) is 0 Å². The number of aromatic nitrogens is 1. The van der Waals surface area contributed by atoms with E-state index in [0.717, 1.165) is 23.6 Å². The second-order valence-electron chi connectivity index (χ2n) is 12.8. The lowest BCUT2D eigenvalue weighted by Gasteiger charge is -2.40. The Hall–Kier alpha value is -5.93. The number of rotatable bonds is 6. The molecule has 3 nitrogen and oxygen atoms in total. The van der Waals surface area contributed by atoms with Crippen molar-refractivity contribution >= 4 is 61.3 Å². The zero-order valence-corrected chi connectivity index (χ0v) is 27.1. The smallest absolute Gasteiger partial charge is 0.137 e. The van der Waals surface area contributed by atoms with E-state index in [-0.39, 0.29) is 6.04 Å². The van der Waals surface area contributed by atoms with Crippen LogP contribution < -0.4 is 9.80 Å². The van der Waals surface area contributed by atoms with E-state index in [1.807, 2.05) is 12.3 Å². The van der Waals surface area contributed by atoms with Crippen molar-refractivity contribution in [3.63, 3.8) is 0 Å². The number of para-hydroxylation sites is 2. The fourth-order valence-electron chi connectivity index (χ4n) is 7.90. The van der Waals surface area contributed by atoms with E-state index >= 15 is 0 Å². The molecule has 1 heterocycles. The molecule has 0 bridgehead atoms. The van der Waals surface area contributed by atoms with Gasteiger partial charge in [0.1, 0.15) is 5.82 Å². The topological polar surface area (TPSA) is 19.4 Å². The highest BCUT2D eigenvalue weighted by molar-refractivity contribution is 6.12. The first kappa shape index (κ1) is 28.3. The number of hydrogen-bond donors (Lipinski definition) is 0. The van der Waals surface area contributed by atoms with Gasteiger partial charge >= 0.3 is 0 Å². The largest absolute Gasteiger partial charge is 0.330 e. The van der Waals surface area contributed by atoms with Crippen molar-refractivity contribution in [1.82, 2.24) is 4.98 Å². The Morgan fingerprint density at radius 2 is 1.38 bits per heavy atom. The van der Waals surface area contributed by atoms with E-state index in [4.69, 9.17) is 4.98 Å². The second-order valence-corrected chi connectivity index (χ2v) is 12.8. The van der Waals surface area contributed by atoms with Crippen LogP contribution in [-0.4, -0.2) is 11.0 Å². The van der Waals surface area contributed by atoms with E-state index in [9.17, 15) is 0 Å². The molecule has 1 aromatic heterocycles. The quantitative estimate of drug-likeness (QED) is 0.185. The number of allylic oxidation sites excluding steroid dienone is 2. The summed E-state index contributed by atoms with van der Waals surface area (Å²) in [6, 6.07) is 50.1. The molecule has 48 heavy (non-hydrogen) atoms. The average Bonchev–Trinajstić information content (AvgIpc) is 3.14. The van der Waals surface area contributed by atoms with Gasteiger partial charge in [-0.15, -0.1) is 0 Å². The first-order valence-electron chi connectivity index (χ1n) is 16.7. The maximum absolute atomic E-state index is 4.85. The number of nitrogens with zero attached hydrogens (tertiary/aromatic N) is 3. The van der Waals surface area contributed by atoms with Crippen molar-refractivity contribution in [3.05, 3.63) is 180 Å². The third-order valence-electron chi connectivity index (χ3n) is 10.1. The number of fused-ring (bicyclic) bond motifs is 1. The SMILES string of the molecule is CC1=CC(N(c2ccccc2)c2cccc3ccccc23)C2=CCc3c(C)cc(N(c4ccccc4)c4ccccn4)c4ccc1c2c34. The first-order valence-corrected chi connectivity index (χ1v) is 16.7. The van der Waals surface area contributed by atoms with Gasteiger partial charge in [0.2, 0.25) is 0 Å². The number of hydrogen-bond acceptors (Lipinski definition) is 3. The van der Waals surface area contributed by atoms with Gasteiger partial charge in [-0.25, -0.2) is 4.98 Å². The minimum atomic E-state index is 0.0226. The van der Waals surface area contributed by atoms with Gasteiger partial charge in [-0.2, -0.15) is 0 Å². The molecular weight excluding hydrogens is 583 g/mol. The van der Waals surface area contributed by atoms with Gasteiger partial charge in [0, 0.05) is 34.0 Å². The van der Waals surface area contributed by atoms with Gasteiger partial charge in [0.15, 0.2) is 0 Å². The molecule has 0 saturated heterocycles. The normalized spacial score (nSPS) is 14.8. The zero-order chi connectivity index (χ0) is 32.2. The highest BCUT2D eigenvalue weighted by atomic mass is 15.2. The van der Waals surface area contributed by atoms with Crippen LogP contribution in [0, 0.1) is 6.92 Å². The maximum Gasteiger partial charge on any atom is 0.137 e. The van der Waals surface area contributed by atoms with Gasteiger partial charge in [0.25, 0.3) is 0 Å². The number of pyridine rings is 1. The van der Waals surface area contributed by atoms with Crippen molar-refractivity contribution < 1.29 is 0 Å². The molecule has 2 aliphatic carbocycles. The molecule has 0 radical (unpaired) electrons. The number of benzene rings is 6. The van der Waals surface area contributed by atoms with Gasteiger partial charge in [-0.3, -0.25) is 4.90 Å². The third kappa shape index (κ3) is 4.46. The van der Waals surface area contributed by atoms with Crippen LogP contribution >= 0.6 is 0 Å². The van der Waals surface area contributed by atoms with E-state index in [1.165, 1.54) is 66.3 Å². The lowest BCUT2D eigenvalue weighted by molar-refractivity contribution is 0.948. The van der Waals surface area contributed by atoms with E-state index in [2.05, 4.69) is 169 Å². The second kappa shape index (κ2) is 11.4. The van der Waals surface area contributed by atoms with E-state index in [0.29, 0.717) is 0 Å². The molecule has 0 amide bonds. The molecule has 1 atom stereocenters. The molecule has 7 aromatic rings. The van der Waals surface area contributed by atoms with Crippen molar-refractivity contribution in [2.45, 2.75) is 26.3 Å². The monoisotopic (exact) mass is 617 g/mol. The standard InChI is InChI=1S/C45H35N3/c1-30-28-41(47(33-16-5-3-6-17-33)40-21-13-15-32-14-9-10-20-37(32)40)38-25-23-36-31(2)29-42(39-26-24-35(30)44(38)45(36)39)48(34-18-7-4-8-19-34)43-22-11-12-27-46-43/h3-22,24-29,41H,23H2,1-2H3. The van der Waals surface area contributed by atoms with Crippen LogP contribution in [0.2, 0.25) is 0 Å². The van der Waals surface area contributed by atoms with Gasteiger partial charge < -0.3 is 4.90 Å². The highest BCUT2D eigenvalue weighted by Gasteiger charge is 2.34. The summed E-state index contributed by atoms with van der Waals surface area (Å²) in [5, 5.41) is 5.11. The molecular formula is C45H35N3. The summed E-state index contributed by atoms with van der Waals surface area (Å²) in [6.07, 6.45) is 7.74. The highest BCUT2D eigenvalue weighted by Crippen LogP contribution is 2.50. The minimum absolute atomic E-state index is 0.0226. The van der Waals surface area contributed by atoms with Crippen LogP contribution in [0.4, 0.5) is 28.6 Å². The van der Waals surface area contributed by atoms with Crippen LogP contribution in [0.15, 0.2) is 158 Å². The summed E-state index contributed by atoms with van der Waals surface area (Å²) in [5.74, 6) is 0.905. The summed E-state index contributed by atoms with van der Waals surface area (Å²) >= 11 is 0. The Bertz CT molecular complexity index is 2350. The van der Waals surface area contributed by atoms with Crippen LogP contribution in [0.25, 0.3) is 32.7 Å². The average molecular weight is 618 g/mol. The molecule has 9 rings (SSSR count). The minimum Gasteiger partial charge on any atom is -0.330 e. The molecule has 3 heteroatoms. The molecule has 0 spiro atoms. The summed E-state index contributed by atoms with van der Waals surface area (Å²) in [4.78, 5) is 9.70. The molecule has 0 saturated carbocycles. The Morgan fingerprint density at radius 3 is 2.17 bits per heavy atom. The molecule has 1 unspecified atom stereocenters. The Balaban J connectivity index is 1.30. The molecule has 0 fully saturated rings. The van der Waals surface area contributed by atoms with E-state index < -0.39 is 0 Å². The van der Waals surface area contributed by atoms with Gasteiger partial charge in [-0.05, 0) is 113 Å². The Morgan fingerprint density at radius 1 is 0.646 bits per heavy atom. The predicted molar refractivity (Wildman–Crippen MR) is 203 cm³/mol. The summed E-state index contributed by atoms with van der Waals surface area (Å²) < 4.78 is 0. The Labute approximate surface area is 281 Å². The van der Waals surface area contributed by atoms with Crippen LogP contribution in [0.3, 0.4) is 0 Å². The van der Waals surface area contributed by atoms with Crippen molar-refractivity contribution in [2.75, 3.05) is 9.80 Å². The zero-order valence-electron chi connectivity index (χ0n) is 27.1. The first-order chi connectivity index (χ1) is 23.7. The Kier molecular flexibility index (Phi) is 6.72.